The fourth-order valence-corrected chi connectivity index (χ4v) is 3.58. The van der Waals surface area contributed by atoms with Crippen LogP contribution in [-0.2, 0) is 16.0 Å². The predicted octanol–water partition coefficient (Wildman–Crippen LogP) is 4.40. The van der Waals surface area contributed by atoms with Crippen LogP contribution >= 0.6 is 22.7 Å². The van der Waals surface area contributed by atoms with Crippen LogP contribution in [0.25, 0.3) is 11.3 Å². The van der Waals surface area contributed by atoms with Crippen LogP contribution in [0.1, 0.15) is 18.9 Å². The highest BCUT2D eigenvalue weighted by Crippen LogP contribution is 2.26. The normalized spacial score (nSPS) is 10.4. The van der Waals surface area contributed by atoms with E-state index in [1.165, 1.54) is 11.3 Å². The summed E-state index contributed by atoms with van der Waals surface area (Å²) in [4.78, 5) is 27.9. The molecule has 25 heavy (non-hydrogen) atoms. The number of nitrogens with zero attached hydrogens (tertiary/aromatic N) is 1. The van der Waals surface area contributed by atoms with E-state index in [1.807, 2.05) is 53.4 Å². The Bertz CT molecular complexity index is 855. The molecule has 7 heteroatoms. The topological polar surface area (TPSA) is 71.1 Å². The Morgan fingerprint density at radius 3 is 2.52 bits per heavy atom. The average molecular weight is 371 g/mol. The second-order valence-corrected chi connectivity index (χ2v) is 7.01. The number of amides is 2. The lowest BCUT2D eigenvalue weighted by Gasteiger charge is -2.04. The van der Waals surface area contributed by atoms with Gasteiger partial charge in [0.1, 0.15) is 0 Å². The molecule has 128 valence electrons. The highest BCUT2D eigenvalue weighted by molar-refractivity contribution is 7.14. The molecule has 2 aromatic heterocycles. The zero-order valence-electron chi connectivity index (χ0n) is 13.6. The van der Waals surface area contributed by atoms with Crippen LogP contribution < -0.4 is 10.6 Å². The maximum absolute atomic E-state index is 12.0. The van der Waals surface area contributed by atoms with E-state index in [0.717, 1.165) is 22.5 Å². The van der Waals surface area contributed by atoms with Crippen LogP contribution in [-0.4, -0.2) is 16.8 Å². The SMILES string of the molecule is CCC(=O)Nc1ccc(-c2csc(NC(=O)Cc3ccsc3)n2)cc1. The van der Waals surface area contributed by atoms with Gasteiger partial charge in [-0.25, -0.2) is 4.98 Å². The van der Waals surface area contributed by atoms with Crippen LogP contribution in [0, 0.1) is 0 Å². The van der Waals surface area contributed by atoms with Gasteiger partial charge < -0.3 is 10.6 Å². The summed E-state index contributed by atoms with van der Waals surface area (Å²) >= 11 is 2.97. The second kappa shape index (κ2) is 8.04. The van der Waals surface area contributed by atoms with E-state index in [0.29, 0.717) is 18.0 Å². The smallest absolute Gasteiger partial charge is 0.230 e. The molecule has 0 spiro atoms. The summed E-state index contributed by atoms with van der Waals surface area (Å²) in [5.41, 5.74) is 3.49. The van der Waals surface area contributed by atoms with Gasteiger partial charge in [-0.1, -0.05) is 19.1 Å². The summed E-state index contributed by atoms with van der Waals surface area (Å²) in [6.07, 6.45) is 0.798. The van der Waals surface area contributed by atoms with Crippen LogP contribution in [0.15, 0.2) is 46.5 Å². The van der Waals surface area contributed by atoms with E-state index in [-0.39, 0.29) is 11.8 Å². The fourth-order valence-electron chi connectivity index (χ4n) is 2.18. The third-order valence-electron chi connectivity index (χ3n) is 3.48. The zero-order valence-corrected chi connectivity index (χ0v) is 15.2. The molecular weight excluding hydrogens is 354 g/mol. The van der Waals surface area contributed by atoms with Gasteiger partial charge in [0.2, 0.25) is 11.8 Å². The molecule has 0 aliphatic heterocycles. The number of hydrogen-bond donors (Lipinski definition) is 2. The molecule has 0 aliphatic rings. The molecule has 2 heterocycles. The lowest BCUT2D eigenvalue weighted by molar-refractivity contribution is -0.116. The van der Waals surface area contributed by atoms with Crippen molar-refractivity contribution in [2.24, 2.45) is 0 Å². The van der Waals surface area contributed by atoms with Crippen molar-refractivity contribution < 1.29 is 9.59 Å². The summed E-state index contributed by atoms with van der Waals surface area (Å²) in [5.74, 6) is -0.0889. The molecule has 0 saturated carbocycles. The van der Waals surface area contributed by atoms with Crippen LogP contribution in [0.3, 0.4) is 0 Å². The molecule has 5 nitrogen and oxygen atoms in total. The van der Waals surface area contributed by atoms with Gasteiger partial charge in [0.05, 0.1) is 12.1 Å². The van der Waals surface area contributed by atoms with E-state index in [1.54, 1.807) is 11.3 Å². The molecule has 0 atom stereocenters. The van der Waals surface area contributed by atoms with E-state index in [4.69, 9.17) is 0 Å². The highest BCUT2D eigenvalue weighted by Gasteiger charge is 2.09. The molecule has 2 amide bonds. The Kier molecular flexibility index (Phi) is 5.57. The quantitative estimate of drug-likeness (QED) is 0.674. The van der Waals surface area contributed by atoms with Gasteiger partial charge in [-0.15, -0.1) is 11.3 Å². The number of carbonyl (C=O) groups is 2. The van der Waals surface area contributed by atoms with Crippen molar-refractivity contribution in [3.05, 3.63) is 52.0 Å². The average Bonchev–Trinajstić information content (AvgIpc) is 3.27. The van der Waals surface area contributed by atoms with Crippen molar-refractivity contribution in [1.82, 2.24) is 4.98 Å². The number of carbonyl (C=O) groups excluding carboxylic acids is 2. The molecule has 0 aliphatic carbocycles. The van der Waals surface area contributed by atoms with E-state index >= 15 is 0 Å². The number of aromatic nitrogens is 1. The number of thiophene rings is 1. The van der Waals surface area contributed by atoms with Crippen LogP contribution in [0.4, 0.5) is 10.8 Å². The summed E-state index contributed by atoms with van der Waals surface area (Å²) in [5, 5.41) is 12.0. The van der Waals surface area contributed by atoms with Gasteiger partial charge in [-0.05, 0) is 34.5 Å². The molecule has 0 saturated heterocycles. The second-order valence-electron chi connectivity index (χ2n) is 5.37. The van der Waals surface area contributed by atoms with Crippen molar-refractivity contribution in [1.29, 1.82) is 0 Å². The number of anilines is 2. The molecule has 0 fully saturated rings. The Morgan fingerprint density at radius 2 is 1.84 bits per heavy atom. The van der Waals surface area contributed by atoms with Crippen molar-refractivity contribution in [2.45, 2.75) is 19.8 Å². The van der Waals surface area contributed by atoms with Gasteiger partial charge in [0.25, 0.3) is 0 Å². The van der Waals surface area contributed by atoms with Crippen LogP contribution in [0.5, 0.6) is 0 Å². The van der Waals surface area contributed by atoms with Crippen molar-refractivity contribution >= 4 is 45.3 Å². The Morgan fingerprint density at radius 1 is 1.04 bits per heavy atom. The third-order valence-corrected chi connectivity index (χ3v) is 4.97. The van der Waals surface area contributed by atoms with E-state index in [9.17, 15) is 9.59 Å². The molecule has 2 N–H and O–H groups in total. The summed E-state index contributed by atoms with van der Waals surface area (Å²) < 4.78 is 0. The zero-order chi connectivity index (χ0) is 17.6. The number of rotatable bonds is 6. The Balaban J connectivity index is 1.62. The Labute approximate surface area is 153 Å². The maximum Gasteiger partial charge on any atom is 0.230 e. The third kappa shape index (κ3) is 4.74. The first kappa shape index (κ1) is 17.3. The van der Waals surface area contributed by atoms with Gasteiger partial charge in [-0.2, -0.15) is 11.3 Å². The minimum atomic E-state index is -0.0723. The predicted molar refractivity (Wildman–Crippen MR) is 103 cm³/mol. The summed E-state index contributed by atoms with van der Waals surface area (Å²) in [6.45, 7) is 1.81. The molecule has 0 bridgehead atoms. The lowest BCUT2D eigenvalue weighted by Crippen LogP contribution is -2.13. The highest BCUT2D eigenvalue weighted by atomic mass is 32.1. The largest absolute Gasteiger partial charge is 0.326 e. The van der Waals surface area contributed by atoms with Gasteiger partial charge in [-0.3, -0.25) is 9.59 Å². The van der Waals surface area contributed by atoms with Crippen molar-refractivity contribution in [2.75, 3.05) is 10.6 Å². The number of benzene rings is 1. The van der Waals surface area contributed by atoms with Crippen molar-refractivity contribution in [3.63, 3.8) is 0 Å². The van der Waals surface area contributed by atoms with Crippen LogP contribution in [0.2, 0.25) is 0 Å². The van der Waals surface area contributed by atoms with Gasteiger partial charge >= 0.3 is 0 Å². The van der Waals surface area contributed by atoms with E-state index < -0.39 is 0 Å². The number of hydrogen-bond acceptors (Lipinski definition) is 5. The van der Waals surface area contributed by atoms with E-state index in [2.05, 4.69) is 15.6 Å². The molecule has 3 rings (SSSR count). The monoisotopic (exact) mass is 371 g/mol. The molecule has 0 radical (unpaired) electrons. The minimum absolute atomic E-state index is 0.0166. The van der Waals surface area contributed by atoms with Crippen molar-refractivity contribution in [3.8, 4) is 11.3 Å². The fraction of sp³-hybridized carbons (Fsp3) is 0.167. The van der Waals surface area contributed by atoms with Gasteiger partial charge in [0, 0.05) is 23.1 Å². The molecule has 1 aromatic carbocycles. The first-order chi connectivity index (χ1) is 12.1. The first-order valence-electron chi connectivity index (χ1n) is 7.81. The molecule has 3 aromatic rings. The molecule has 0 unspecified atom stereocenters. The first-order valence-corrected chi connectivity index (χ1v) is 9.63. The summed E-state index contributed by atoms with van der Waals surface area (Å²) in [6, 6.07) is 9.43. The Hall–Kier alpha value is -2.51. The standard InChI is InChI=1S/C18H17N3O2S2/c1-2-16(22)19-14-5-3-13(4-6-14)15-11-25-18(20-15)21-17(23)9-12-7-8-24-10-12/h3-8,10-11H,2,9H2,1H3,(H,19,22)(H,20,21,23). The molecular formula is C18H17N3O2S2. The number of nitrogens with one attached hydrogen (secondary N) is 2. The summed E-state index contributed by atoms with van der Waals surface area (Å²) in [7, 11) is 0. The number of thiazole rings is 1. The van der Waals surface area contributed by atoms with Gasteiger partial charge in [0.15, 0.2) is 5.13 Å². The lowest BCUT2D eigenvalue weighted by atomic mass is 10.1. The maximum atomic E-state index is 12.0. The minimum Gasteiger partial charge on any atom is -0.326 e.